The molecule has 0 aromatic heterocycles. The normalized spacial score (nSPS) is 27.8. The Morgan fingerprint density at radius 2 is 1.82 bits per heavy atom. The molecular weight excluding hydrogens is 210 g/mol. The smallest absolute Gasteiger partial charge is 0.222 e. The van der Waals surface area contributed by atoms with Crippen molar-refractivity contribution < 1.29 is 4.79 Å². The van der Waals surface area contributed by atoms with Crippen molar-refractivity contribution >= 4 is 5.91 Å². The molecule has 2 nitrogen and oxygen atoms in total. The van der Waals surface area contributed by atoms with Gasteiger partial charge in [-0.25, -0.2) is 0 Å². The monoisotopic (exact) mass is 239 g/mol. The second kappa shape index (κ2) is 5.88. The molecule has 0 heterocycles. The molecule has 2 atom stereocenters. The van der Waals surface area contributed by atoms with Crippen LogP contribution in [0.3, 0.4) is 0 Å². The fourth-order valence-electron chi connectivity index (χ4n) is 3.65. The van der Waals surface area contributed by atoms with Crippen molar-refractivity contribution in [1.82, 2.24) is 4.90 Å². The standard InChI is InChI=1S/C15H29NO/c1-6-16(7-2)14(17)9-13-8-12(3)10-15(4,5)11-13/h12-13H,6-11H2,1-5H3. The second-order valence-corrected chi connectivity index (χ2v) is 6.55. The molecule has 2 heteroatoms. The first-order valence-electron chi connectivity index (χ1n) is 7.15. The fraction of sp³-hybridized carbons (Fsp3) is 0.933. The summed E-state index contributed by atoms with van der Waals surface area (Å²) in [5.74, 6) is 1.72. The lowest BCUT2D eigenvalue weighted by molar-refractivity contribution is -0.132. The molecule has 100 valence electrons. The second-order valence-electron chi connectivity index (χ2n) is 6.55. The number of carbonyl (C=O) groups is 1. The summed E-state index contributed by atoms with van der Waals surface area (Å²) in [4.78, 5) is 14.1. The van der Waals surface area contributed by atoms with Crippen LogP contribution in [0, 0.1) is 17.3 Å². The average molecular weight is 239 g/mol. The van der Waals surface area contributed by atoms with Crippen molar-refractivity contribution in [2.75, 3.05) is 13.1 Å². The van der Waals surface area contributed by atoms with E-state index in [-0.39, 0.29) is 0 Å². The summed E-state index contributed by atoms with van der Waals surface area (Å²) in [6.45, 7) is 12.8. The van der Waals surface area contributed by atoms with Crippen LogP contribution < -0.4 is 0 Å². The molecule has 0 N–H and O–H groups in total. The van der Waals surface area contributed by atoms with Gasteiger partial charge in [0.1, 0.15) is 0 Å². The van der Waals surface area contributed by atoms with Crippen LogP contribution in [0.1, 0.15) is 60.3 Å². The molecule has 0 aromatic carbocycles. The van der Waals surface area contributed by atoms with E-state index in [1.54, 1.807) is 0 Å². The van der Waals surface area contributed by atoms with E-state index < -0.39 is 0 Å². The van der Waals surface area contributed by atoms with E-state index >= 15 is 0 Å². The number of rotatable bonds is 4. The highest BCUT2D eigenvalue weighted by atomic mass is 16.2. The van der Waals surface area contributed by atoms with Gasteiger partial charge in [0.05, 0.1) is 0 Å². The zero-order valence-electron chi connectivity index (χ0n) is 12.3. The molecule has 17 heavy (non-hydrogen) atoms. The highest BCUT2D eigenvalue weighted by Gasteiger charge is 2.33. The van der Waals surface area contributed by atoms with Gasteiger partial charge in [0, 0.05) is 19.5 Å². The molecule has 1 aliphatic rings. The number of hydrogen-bond acceptors (Lipinski definition) is 1. The Balaban J connectivity index is 2.53. The Morgan fingerprint density at radius 3 is 2.29 bits per heavy atom. The van der Waals surface area contributed by atoms with Crippen LogP contribution in [0.15, 0.2) is 0 Å². The lowest BCUT2D eigenvalue weighted by Gasteiger charge is -2.39. The van der Waals surface area contributed by atoms with Crippen molar-refractivity contribution in [2.45, 2.75) is 60.3 Å². The highest BCUT2D eigenvalue weighted by molar-refractivity contribution is 5.76. The zero-order chi connectivity index (χ0) is 13.1. The summed E-state index contributed by atoms with van der Waals surface area (Å²) < 4.78 is 0. The van der Waals surface area contributed by atoms with Crippen molar-refractivity contribution in [2.24, 2.45) is 17.3 Å². The van der Waals surface area contributed by atoms with Gasteiger partial charge in [-0.1, -0.05) is 20.8 Å². The number of amides is 1. The van der Waals surface area contributed by atoms with Crippen LogP contribution >= 0.6 is 0 Å². The average Bonchev–Trinajstić information content (AvgIpc) is 2.15. The molecule has 0 bridgehead atoms. The predicted molar refractivity (Wildman–Crippen MR) is 72.8 cm³/mol. The van der Waals surface area contributed by atoms with Gasteiger partial charge in [0.25, 0.3) is 0 Å². The van der Waals surface area contributed by atoms with Gasteiger partial charge in [-0.3, -0.25) is 4.79 Å². The van der Waals surface area contributed by atoms with Crippen LogP contribution in [0.2, 0.25) is 0 Å². The molecule has 1 fully saturated rings. The van der Waals surface area contributed by atoms with Crippen molar-refractivity contribution in [3.8, 4) is 0 Å². The molecule has 1 rings (SSSR count). The molecule has 0 saturated heterocycles. The Bertz CT molecular complexity index is 256. The maximum absolute atomic E-state index is 12.1. The van der Waals surface area contributed by atoms with E-state index in [0.717, 1.165) is 25.4 Å². The summed E-state index contributed by atoms with van der Waals surface area (Å²) in [7, 11) is 0. The molecule has 0 aliphatic heterocycles. The van der Waals surface area contributed by atoms with Crippen LogP contribution in [-0.4, -0.2) is 23.9 Å². The topological polar surface area (TPSA) is 20.3 Å². The minimum absolute atomic E-state index is 0.352. The van der Waals surface area contributed by atoms with Crippen LogP contribution in [-0.2, 0) is 4.79 Å². The molecule has 1 amide bonds. The molecular formula is C15H29NO. The Morgan fingerprint density at radius 1 is 1.24 bits per heavy atom. The maximum Gasteiger partial charge on any atom is 0.222 e. The van der Waals surface area contributed by atoms with Gasteiger partial charge in [-0.05, 0) is 50.4 Å². The van der Waals surface area contributed by atoms with E-state index in [1.807, 2.05) is 4.90 Å². The third kappa shape index (κ3) is 4.33. The van der Waals surface area contributed by atoms with E-state index in [9.17, 15) is 4.79 Å². The van der Waals surface area contributed by atoms with Crippen molar-refractivity contribution in [1.29, 1.82) is 0 Å². The summed E-state index contributed by atoms with van der Waals surface area (Å²) in [6, 6.07) is 0. The number of hydrogen-bond donors (Lipinski definition) is 0. The van der Waals surface area contributed by atoms with E-state index in [0.29, 0.717) is 17.2 Å². The van der Waals surface area contributed by atoms with E-state index in [2.05, 4.69) is 34.6 Å². The highest BCUT2D eigenvalue weighted by Crippen LogP contribution is 2.42. The van der Waals surface area contributed by atoms with Crippen LogP contribution in [0.4, 0.5) is 0 Å². The predicted octanol–water partition coefficient (Wildman–Crippen LogP) is 3.71. The van der Waals surface area contributed by atoms with E-state index in [4.69, 9.17) is 0 Å². The Labute approximate surface area is 107 Å². The number of carbonyl (C=O) groups excluding carboxylic acids is 1. The maximum atomic E-state index is 12.1. The summed E-state index contributed by atoms with van der Waals surface area (Å²) in [5.41, 5.74) is 0.422. The van der Waals surface area contributed by atoms with Crippen molar-refractivity contribution in [3.05, 3.63) is 0 Å². The van der Waals surface area contributed by atoms with Crippen LogP contribution in [0.5, 0.6) is 0 Å². The van der Waals surface area contributed by atoms with Gasteiger partial charge in [-0.15, -0.1) is 0 Å². The lowest BCUT2D eigenvalue weighted by atomic mass is 9.67. The first kappa shape index (κ1) is 14.5. The minimum Gasteiger partial charge on any atom is -0.343 e. The van der Waals surface area contributed by atoms with Crippen LogP contribution in [0.25, 0.3) is 0 Å². The third-order valence-corrected chi connectivity index (χ3v) is 4.06. The third-order valence-electron chi connectivity index (χ3n) is 4.06. The van der Waals surface area contributed by atoms with Gasteiger partial charge >= 0.3 is 0 Å². The molecule has 0 radical (unpaired) electrons. The fourth-order valence-corrected chi connectivity index (χ4v) is 3.65. The van der Waals surface area contributed by atoms with E-state index in [1.165, 1.54) is 19.3 Å². The summed E-state index contributed by atoms with van der Waals surface area (Å²) in [5, 5.41) is 0. The molecule has 1 saturated carbocycles. The first-order chi connectivity index (χ1) is 7.88. The summed E-state index contributed by atoms with van der Waals surface area (Å²) >= 11 is 0. The molecule has 0 aromatic rings. The molecule has 0 spiro atoms. The lowest BCUT2D eigenvalue weighted by Crippen LogP contribution is -2.35. The molecule has 1 aliphatic carbocycles. The summed E-state index contributed by atoms with van der Waals surface area (Å²) in [6.07, 6.45) is 4.51. The number of nitrogens with zero attached hydrogens (tertiary/aromatic N) is 1. The van der Waals surface area contributed by atoms with Gasteiger partial charge in [-0.2, -0.15) is 0 Å². The Kier molecular flexibility index (Phi) is 5.03. The van der Waals surface area contributed by atoms with Gasteiger partial charge < -0.3 is 4.90 Å². The van der Waals surface area contributed by atoms with Crippen molar-refractivity contribution in [3.63, 3.8) is 0 Å². The van der Waals surface area contributed by atoms with Gasteiger partial charge in [0.15, 0.2) is 0 Å². The first-order valence-corrected chi connectivity index (χ1v) is 7.15. The zero-order valence-corrected chi connectivity index (χ0v) is 12.3. The quantitative estimate of drug-likeness (QED) is 0.732. The molecule has 2 unspecified atom stereocenters. The van der Waals surface area contributed by atoms with Gasteiger partial charge in [0.2, 0.25) is 5.91 Å². The SMILES string of the molecule is CCN(CC)C(=O)CC1CC(C)CC(C)(C)C1. The minimum atomic E-state index is 0.352. The Hall–Kier alpha value is -0.530. The largest absolute Gasteiger partial charge is 0.343 e.